The first-order valence-electron chi connectivity index (χ1n) is 9.10. The highest BCUT2D eigenvalue weighted by atomic mass is 16.5. The first-order valence-corrected chi connectivity index (χ1v) is 9.10. The van der Waals surface area contributed by atoms with E-state index in [0.29, 0.717) is 25.7 Å². The van der Waals surface area contributed by atoms with Gasteiger partial charge in [0.05, 0.1) is 14.2 Å². The lowest BCUT2D eigenvalue weighted by atomic mass is 9.62. The lowest BCUT2D eigenvalue weighted by molar-refractivity contribution is 0.226. The largest absolute Gasteiger partial charge is 0.496 e. The first kappa shape index (κ1) is 19.6. The number of nitrogens with zero attached hydrogens (tertiary/aromatic N) is 2. The Balaban J connectivity index is 2.18. The van der Waals surface area contributed by atoms with Gasteiger partial charge in [0.1, 0.15) is 11.5 Å². The highest BCUT2D eigenvalue weighted by Gasteiger charge is 2.47. The Morgan fingerprint density at radius 3 is 1.57 bits per heavy atom. The number of carbonyl (C=O) groups excluding carboxylic acids is 2. The van der Waals surface area contributed by atoms with Crippen LogP contribution in [0.3, 0.4) is 0 Å². The van der Waals surface area contributed by atoms with Gasteiger partial charge >= 0.3 is 0 Å². The molecule has 0 N–H and O–H groups in total. The summed E-state index contributed by atoms with van der Waals surface area (Å²) in [6.07, 6.45) is 5.16. The molecule has 1 saturated carbocycles. The van der Waals surface area contributed by atoms with Crippen molar-refractivity contribution in [3.63, 3.8) is 0 Å². The molecule has 6 nitrogen and oxygen atoms in total. The summed E-state index contributed by atoms with van der Waals surface area (Å²) < 4.78 is 11.3. The van der Waals surface area contributed by atoms with Crippen molar-refractivity contribution in [2.45, 2.75) is 36.8 Å². The summed E-state index contributed by atoms with van der Waals surface area (Å²) in [5.41, 5.74) is 0.526. The number of isocyanates is 2. The number of hydrogen-bond acceptors (Lipinski definition) is 6. The molecular formula is C22H22N2O4. The minimum atomic E-state index is -1.10. The van der Waals surface area contributed by atoms with Crippen LogP contribution in [0.4, 0.5) is 0 Å². The maximum Gasteiger partial charge on any atom is 0.237 e. The molecule has 0 aromatic heterocycles. The maximum absolute atomic E-state index is 10.9. The average Bonchev–Trinajstić information content (AvgIpc) is 2.75. The summed E-state index contributed by atoms with van der Waals surface area (Å²) in [6.45, 7) is 0. The van der Waals surface area contributed by atoms with Crippen molar-refractivity contribution < 1.29 is 19.1 Å². The third-order valence-corrected chi connectivity index (χ3v) is 5.66. The summed E-state index contributed by atoms with van der Waals surface area (Å²) in [4.78, 5) is 29.6. The summed E-state index contributed by atoms with van der Waals surface area (Å²) in [5.74, 6) is 1.55. The summed E-state index contributed by atoms with van der Waals surface area (Å²) in [7, 11) is 3.30. The molecular weight excluding hydrogens is 356 g/mol. The van der Waals surface area contributed by atoms with Crippen molar-refractivity contribution in [2.24, 2.45) is 9.98 Å². The molecule has 0 bridgehead atoms. The number of para-hydroxylation sites is 2. The van der Waals surface area contributed by atoms with E-state index < -0.39 is 11.1 Å². The summed E-state index contributed by atoms with van der Waals surface area (Å²) in [5, 5.41) is 0. The molecule has 0 atom stereocenters. The molecule has 0 spiro atoms. The van der Waals surface area contributed by atoms with Crippen molar-refractivity contribution in [2.75, 3.05) is 14.2 Å². The van der Waals surface area contributed by atoms with Crippen molar-refractivity contribution in [1.29, 1.82) is 0 Å². The average molecular weight is 378 g/mol. The van der Waals surface area contributed by atoms with Gasteiger partial charge in [-0.05, 0) is 37.8 Å². The molecule has 0 aliphatic heterocycles. The van der Waals surface area contributed by atoms with Crippen LogP contribution in [-0.4, -0.2) is 32.0 Å². The molecule has 6 heteroatoms. The van der Waals surface area contributed by atoms with Gasteiger partial charge in [-0.3, -0.25) is 0 Å². The van der Waals surface area contributed by atoms with Gasteiger partial charge in [-0.25, -0.2) is 9.59 Å². The van der Waals surface area contributed by atoms with Crippen LogP contribution in [-0.2, 0) is 15.0 Å². The van der Waals surface area contributed by atoms with Crippen LogP contribution in [0.1, 0.15) is 36.8 Å². The Labute approximate surface area is 163 Å². The monoisotopic (exact) mass is 378 g/mol. The fraction of sp³-hybridized carbons (Fsp3) is 0.364. The standard InChI is InChI=1S/C22H22N2O4/c1-27-19-9-5-3-7-17(19)21(18-8-4-6-10-20(18)28-2)11-13-22(14-12-21,23-15-25)24-16-26/h3-10H,11-14H2,1-2H3. The molecule has 1 fully saturated rings. The van der Waals surface area contributed by atoms with Crippen LogP contribution < -0.4 is 9.47 Å². The smallest absolute Gasteiger partial charge is 0.237 e. The highest BCUT2D eigenvalue weighted by molar-refractivity contribution is 5.53. The normalized spacial score (nSPS) is 16.9. The quantitative estimate of drug-likeness (QED) is 0.564. The van der Waals surface area contributed by atoms with Gasteiger partial charge in [0.15, 0.2) is 5.66 Å². The van der Waals surface area contributed by atoms with E-state index in [1.165, 1.54) is 0 Å². The van der Waals surface area contributed by atoms with Crippen LogP contribution in [0, 0.1) is 0 Å². The molecule has 0 amide bonds. The molecule has 0 unspecified atom stereocenters. The third kappa shape index (κ3) is 3.36. The Bertz CT molecular complexity index is 866. The maximum atomic E-state index is 10.9. The number of aliphatic imine (C=N–C) groups is 2. The van der Waals surface area contributed by atoms with Gasteiger partial charge in [-0.1, -0.05) is 36.4 Å². The zero-order chi connectivity index (χ0) is 20.0. The molecule has 0 heterocycles. The second kappa shape index (κ2) is 8.22. The fourth-order valence-corrected chi connectivity index (χ4v) is 4.26. The van der Waals surface area contributed by atoms with E-state index in [2.05, 4.69) is 9.98 Å². The van der Waals surface area contributed by atoms with Gasteiger partial charge in [-0.2, -0.15) is 9.98 Å². The number of rotatable bonds is 6. The molecule has 1 aliphatic rings. The summed E-state index contributed by atoms with van der Waals surface area (Å²) in [6, 6.07) is 15.8. The molecule has 3 rings (SSSR count). The Morgan fingerprint density at radius 2 is 1.18 bits per heavy atom. The topological polar surface area (TPSA) is 77.3 Å². The zero-order valence-corrected chi connectivity index (χ0v) is 16.0. The number of hydrogen-bond donors (Lipinski definition) is 0. The predicted octanol–water partition coefficient (Wildman–Crippen LogP) is 3.93. The minimum absolute atomic E-state index is 0.410. The first-order chi connectivity index (χ1) is 13.6. The minimum Gasteiger partial charge on any atom is -0.496 e. The number of ether oxygens (including phenoxy) is 2. The molecule has 2 aromatic carbocycles. The van der Waals surface area contributed by atoms with Crippen LogP contribution in [0.15, 0.2) is 58.5 Å². The van der Waals surface area contributed by atoms with E-state index in [-0.39, 0.29) is 0 Å². The van der Waals surface area contributed by atoms with Crippen molar-refractivity contribution in [3.8, 4) is 11.5 Å². The van der Waals surface area contributed by atoms with Gasteiger partial charge in [0.2, 0.25) is 12.2 Å². The Kier molecular flexibility index (Phi) is 5.74. The number of methoxy groups -OCH3 is 2. The molecule has 0 saturated heterocycles. The van der Waals surface area contributed by atoms with Crippen LogP contribution in [0.25, 0.3) is 0 Å². The van der Waals surface area contributed by atoms with Gasteiger partial charge in [0, 0.05) is 16.5 Å². The zero-order valence-electron chi connectivity index (χ0n) is 16.0. The van der Waals surface area contributed by atoms with Crippen molar-refractivity contribution in [1.82, 2.24) is 0 Å². The predicted molar refractivity (Wildman–Crippen MR) is 104 cm³/mol. The van der Waals surface area contributed by atoms with E-state index in [1.807, 2.05) is 48.5 Å². The van der Waals surface area contributed by atoms with Crippen molar-refractivity contribution in [3.05, 3.63) is 59.7 Å². The Hall–Kier alpha value is -3.20. The van der Waals surface area contributed by atoms with Crippen LogP contribution >= 0.6 is 0 Å². The van der Waals surface area contributed by atoms with E-state index in [9.17, 15) is 9.59 Å². The van der Waals surface area contributed by atoms with E-state index >= 15 is 0 Å². The van der Waals surface area contributed by atoms with E-state index in [1.54, 1.807) is 26.4 Å². The molecule has 28 heavy (non-hydrogen) atoms. The van der Waals surface area contributed by atoms with Crippen LogP contribution in [0.2, 0.25) is 0 Å². The lowest BCUT2D eigenvalue weighted by Gasteiger charge is -2.43. The SMILES string of the molecule is COc1ccccc1C1(c2ccccc2OC)CCC(N=C=O)(N=C=O)CC1. The highest BCUT2D eigenvalue weighted by Crippen LogP contribution is 2.53. The molecule has 144 valence electrons. The molecule has 1 aliphatic carbocycles. The second-order valence-corrected chi connectivity index (χ2v) is 6.87. The van der Waals surface area contributed by atoms with Crippen LogP contribution in [0.5, 0.6) is 11.5 Å². The van der Waals surface area contributed by atoms with Gasteiger partial charge in [0.25, 0.3) is 0 Å². The van der Waals surface area contributed by atoms with Gasteiger partial charge in [-0.15, -0.1) is 0 Å². The van der Waals surface area contributed by atoms with Gasteiger partial charge < -0.3 is 9.47 Å². The lowest BCUT2D eigenvalue weighted by Crippen LogP contribution is -2.40. The van der Waals surface area contributed by atoms with E-state index in [4.69, 9.17) is 9.47 Å². The third-order valence-electron chi connectivity index (χ3n) is 5.66. The van der Waals surface area contributed by atoms with Crippen molar-refractivity contribution >= 4 is 12.2 Å². The molecule has 2 aromatic rings. The Morgan fingerprint density at radius 1 is 0.750 bits per heavy atom. The summed E-state index contributed by atoms with van der Waals surface area (Å²) >= 11 is 0. The molecule has 0 radical (unpaired) electrons. The second-order valence-electron chi connectivity index (χ2n) is 6.87. The fourth-order valence-electron chi connectivity index (χ4n) is 4.26. The van der Waals surface area contributed by atoms with E-state index in [0.717, 1.165) is 22.6 Å². The number of benzene rings is 2.